The number of hydrogen-bond donors (Lipinski definition) is 2. The van der Waals surface area contributed by atoms with Gasteiger partial charge in [-0.2, -0.15) is 0 Å². The maximum Gasteiger partial charge on any atom is 0.191 e. The first-order valence-electron chi connectivity index (χ1n) is 9.13. The summed E-state index contributed by atoms with van der Waals surface area (Å²) in [5.74, 6) is 2.19. The lowest BCUT2D eigenvalue weighted by atomic mass is 10.1. The molecule has 1 aromatic carbocycles. The fourth-order valence-electron chi connectivity index (χ4n) is 2.50. The van der Waals surface area contributed by atoms with Gasteiger partial charge in [-0.1, -0.05) is 26.0 Å². The predicted octanol–water partition coefficient (Wildman–Crippen LogP) is 4.50. The van der Waals surface area contributed by atoms with Gasteiger partial charge in [-0.05, 0) is 25.5 Å². The molecule has 0 aliphatic heterocycles. The van der Waals surface area contributed by atoms with Crippen LogP contribution >= 0.6 is 35.3 Å². The van der Waals surface area contributed by atoms with Gasteiger partial charge in [0.2, 0.25) is 0 Å². The second kappa shape index (κ2) is 12.2. The molecule has 2 aromatic rings. The molecule has 150 valence electrons. The van der Waals surface area contributed by atoms with E-state index in [4.69, 9.17) is 4.74 Å². The first-order chi connectivity index (χ1) is 12.5. The molecule has 7 heteroatoms. The summed E-state index contributed by atoms with van der Waals surface area (Å²) in [6, 6.07) is 6.20. The molecule has 27 heavy (non-hydrogen) atoms. The Morgan fingerprint density at radius 3 is 2.70 bits per heavy atom. The van der Waals surface area contributed by atoms with E-state index in [9.17, 15) is 0 Å². The van der Waals surface area contributed by atoms with Crippen molar-refractivity contribution in [3.05, 3.63) is 45.4 Å². The number of thiazole rings is 1. The third-order valence-electron chi connectivity index (χ3n) is 3.93. The second-order valence-corrected chi connectivity index (χ2v) is 7.41. The average molecular weight is 502 g/mol. The van der Waals surface area contributed by atoms with Crippen LogP contribution in [0.3, 0.4) is 0 Å². The van der Waals surface area contributed by atoms with Crippen LogP contribution in [-0.2, 0) is 13.0 Å². The molecule has 0 saturated carbocycles. The van der Waals surface area contributed by atoms with Crippen molar-refractivity contribution in [3.63, 3.8) is 0 Å². The highest BCUT2D eigenvalue weighted by molar-refractivity contribution is 14.0. The number of aromatic nitrogens is 1. The highest BCUT2D eigenvalue weighted by Gasteiger charge is 2.07. The molecule has 5 nitrogen and oxygen atoms in total. The lowest BCUT2D eigenvalue weighted by molar-refractivity contribution is 0.409. The largest absolute Gasteiger partial charge is 0.496 e. The van der Waals surface area contributed by atoms with Crippen LogP contribution in [0.2, 0.25) is 0 Å². The Bertz CT molecular complexity index is 731. The molecule has 0 aliphatic carbocycles. The molecule has 0 amide bonds. The third-order valence-corrected chi connectivity index (χ3v) is 5.13. The Balaban J connectivity index is 0.00000364. The van der Waals surface area contributed by atoms with E-state index in [0.29, 0.717) is 12.5 Å². The zero-order valence-corrected chi connectivity index (χ0v) is 20.0. The van der Waals surface area contributed by atoms with Gasteiger partial charge in [0.15, 0.2) is 5.96 Å². The van der Waals surface area contributed by atoms with E-state index in [2.05, 4.69) is 65.8 Å². The molecule has 0 radical (unpaired) electrons. The van der Waals surface area contributed by atoms with Gasteiger partial charge in [-0.25, -0.2) is 9.98 Å². The summed E-state index contributed by atoms with van der Waals surface area (Å²) < 4.78 is 5.46. The summed E-state index contributed by atoms with van der Waals surface area (Å²) >= 11 is 1.74. The van der Waals surface area contributed by atoms with Crippen LogP contribution in [0, 0.1) is 6.92 Å². The first kappa shape index (κ1) is 23.7. The van der Waals surface area contributed by atoms with E-state index in [0.717, 1.165) is 42.5 Å². The lowest BCUT2D eigenvalue weighted by Gasteiger charge is -2.12. The summed E-state index contributed by atoms with van der Waals surface area (Å²) in [4.78, 5) is 9.36. The van der Waals surface area contributed by atoms with E-state index < -0.39 is 0 Å². The summed E-state index contributed by atoms with van der Waals surface area (Å²) in [5.41, 5.74) is 3.40. The van der Waals surface area contributed by atoms with Crippen molar-refractivity contribution < 1.29 is 4.74 Å². The maximum absolute atomic E-state index is 5.46. The second-order valence-electron chi connectivity index (χ2n) is 6.52. The standard InChI is InChI=1S/C20H30N4OS.HI/c1-6-21-20(22-10-9-17-13-26-19(24-17)14(2)3)23-12-16-8-7-15(4)11-18(16)25-5;/h7-8,11,13-14H,6,9-10,12H2,1-5H3,(H2,21,22,23);1H. The summed E-state index contributed by atoms with van der Waals surface area (Å²) in [6.45, 7) is 10.7. The zero-order valence-electron chi connectivity index (χ0n) is 16.8. The minimum Gasteiger partial charge on any atom is -0.496 e. The van der Waals surface area contributed by atoms with Crippen LogP contribution in [0.5, 0.6) is 5.75 Å². The van der Waals surface area contributed by atoms with Crippen LogP contribution in [0.15, 0.2) is 28.6 Å². The number of hydrogen-bond acceptors (Lipinski definition) is 4. The van der Waals surface area contributed by atoms with Gasteiger partial charge in [-0.3, -0.25) is 0 Å². The van der Waals surface area contributed by atoms with Gasteiger partial charge in [0.1, 0.15) is 5.75 Å². The van der Waals surface area contributed by atoms with Crippen molar-refractivity contribution in [1.29, 1.82) is 0 Å². The molecule has 0 fully saturated rings. The van der Waals surface area contributed by atoms with Crippen LogP contribution < -0.4 is 15.4 Å². The number of methoxy groups -OCH3 is 1. The number of aliphatic imine (C=N–C) groups is 1. The summed E-state index contributed by atoms with van der Waals surface area (Å²) in [7, 11) is 1.70. The number of nitrogens with one attached hydrogen (secondary N) is 2. The number of aryl methyl sites for hydroxylation is 1. The molecular formula is C20H31IN4OS. The van der Waals surface area contributed by atoms with E-state index in [-0.39, 0.29) is 24.0 Å². The molecule has 0 atom stereocenters. The minimum atomic E-state index is 0. The van der Waals surface area contributed by atoms with Crippen LogP contribution in [-0.4, -0.2) is 31.1 Å². The van der Waals surface area contributed by atoms with Gasteiger partial charge in [0.05, 0.1) is 24.4 Å². The first-order valence-corrected chi connectivity index (χ1v) is 10.0. The van der Waals surface area contributed by atoms with E-state index in [1.807, 2.05) is 6.07 Å². The average Bonchev–Trinajstić information content (AvgIpc) is 3.09. The number of nitrogens with zero attached hydrogens (tertiary/aromatic N) is 2. The fraction of sp³-hybridized carbons (Fsp3) is 0.500. The smallest absolute Gasteiger partial charge is 0.191 e. The number of benzene rings is 1. The minimum absolute atomic E-state index is 0. The highest BCUT2D eigenvalue weighted by atomic mass is 127. The van der Waals surface area contributed by atoms with Crippen molar-refractivity contribution in [2.24, 2.45) is 4.99 Å². The summed E-state index contributed by atoms with van der Waals surface area (Å²) in [5, 5.41) is 10.0. The Morgan fingerprint density at radius 1 is 1.30 bits per heavy atom. The monoisotopic (exact) mass is 502 g/mol. The van der Waals surface area contributed by atoms with Crippen molar-refractivity contribution in [2.45, 2.75) is 46.6 Å². The normalized spacial score (nSPS) is 11.3. The van der Waals surface area contributed by atoms with Gasteiger partial charge >= 0.3 is 0 Å². The highest BCUT2D eigenvalue weighted by Crippen LogP contribution is 2.21. The Morgan fingerprint density at radius 2 is 2.07 bits per heavy atom. The van der Waals surface area contributed by atoms with E-state index in [1.165, 1.54) is 10.6 Å². The van der Waals surface area contributed by atoms with Gasteiger partial charge < -0.3 is 15.4 Å². The summed E-state index contributed by atoms with van der Waals surface area (Å²) in [6.07, 6.45) is 0.890. The van der Waals surface area contributed by atoms with Crippen LogP contribution in [0.25, 0.3) is 0 Å². The van der Waals surface area contributed by atoms with Crippen LogP contribution in [0.4, 0.5) is 0 Å². The number of halogens is 1. The van der Waals surface area contributed by atoms with Crippen LogP contribution in [0.1, 0.15) is 48.5 Å². The Kier molecular flexibility index (Phi) is 10.7. The Hall–Kier alpha value is -1.35. The quantitative estimate of drug-likeness (QED) is 0.317. The van der Waals surface area contributed by atoms with Crippen molar-refractivity contribution >= 4 is 41.3 Å². The van der Waals surface area contributed by atoms with Gasteiger partial charge in [-0.15, -0.1) is 35.3 Å². The number of ether oxygens (including phenoxy) is 1. The molecule has 0 unspecified atom stereocenters. The number of rotatable bonds is 8. The SMILES string of the molecule is CCNC(=NCc1ccc(C)cc1OC)NCCc1csc(C(C)C)n1.I. The predicted molar refractivity (Wildman–Crippen MR) is 126 cm³/mol. The molecule has 1 heterocycles. The van der Waals surface area contributed by atoms with E-state index >= 15 is 0 Å². The zero-order chi connectivity index (χ0) is 18.9. The topological polar surface area (TPSA) is 58.5 Å². The fourth-order valence-corrected chi connectivity index (χ4v) is 3.37. The van der Waals surface area contributed by atoms with Crippen molar-refractivity contribution in [1.82, 2.24) is 15.6 Å². The maximum atomic E-state index is 5.46. The molecule has 0 spiro atoms. The lowest BCUT2D eigenvalue weighted by Crippen LogP contribution is -2.38. The molecule has 2 N–H and O–H groups in total. The van der Waals surface area contributed by atoms with Gasteiger partial charge in [0, 0.05) is 36.4 Å². The Labute approximate surface area is 184 Å². The molecule has 2 rings (SSSR count). The molecule has 0 bridgehead atoms. The molecule has 1 aromatic heterocycles. The number of guanidine groups is 1. The van der Waals surface area contributed by atoms with Crippen molar-refractivity contribution in [2.75, 3.05) is 20.2 Å². The van der Waals surface area contributed by atoms with Gasteiger partial charge in [0.25, 0.3) is 0 Å². The van der Waals surface area contributed by atoms with Crippen molar-refractivity contribution in [3.8, 4) is 5.75 Å². The molecule has 0 saturated heterocycles. The molecule has 0 aliphatic rings. The third kappa shape index (κ3) is 7.65. The van der Waals surface area contributed by atoms with E-state index in [1.54, 1.807) is 18.4 Å². The molecular weight excluding hydrogens is 471 g/mol.